The molecule has 1 unspecified atom stereocenters. The Morgan fingerprint density at radius 1 is 1.15 bits per heavy atom. The van der Waals surface area contributed by atoms with Gasteiger partial charge in [0.25, 0.3) is 0 Å². The van der Waals surface area contributed by atoms with E-state index in [0.717, 1.165) is 29.0 Å². The number of hydrogen-bond donors (Lipinski definition) is 2. The van der Waals surface area contributed by atoms with Gasteiger partial charge in [0.2, 0.25) is 18.3 Å². The highest BCUT2D eigenvalue weighted by molar-refractivity contribution is 6.09. The maximum atomic E-state index is 13.7. The first-order chi connectivity index (χ1) is 16.0. The molecule has 2 N–H and O–H groups in total. The number of phenols is 1. The molecule has 2 atom stereocenters. The number of quaternary nitrogens is 1. The quantitative estimate of drug-likeness (QED) is 0.545. The van der Waals surface area contributed by atoms with Crippen molar-refractivity contribution < 1.29 is 42.9 Å². The summed E-state index contributed by atoms with van der Waals surface area (Å²) in [6.45, 7) is 0.970. The number of nitrogens with one attached hydrogen (secondary N) is 1. The highest BCUT2D eigenvalue weighted by Crippen LogP contribution is 2.49. The minimum atomic E-state index is -0.298. The number of fused-ring (bicyclic) bond motifs is 3. The molecule has 2 aromatic carbocycles. The fourth-order valence-corrected chi connectivity index (χ4v) is 4.97. The van der Waals surface area contributed by atoms with Crippen LogP contribution in [0.25, 0.3) is 11.0 Å². The number of ketones is 1. The van der Waals surface area contributed by atoms with Crippen molar-refractivity contribution in [2.45, 2.75) is 18.9 Å². The van der Waals surface area contributed by atoms with E-state index in [0.29, 0.717) is 28.2 Å². The third-order valence-corrected chi connectivity index (χ3v) is 6.55. The van der Waals surface area contributed by atoms with Gasteiger partial charge in [0.05, 0.1) is 58.6 Å². The second-order valence-electron chi connectivity index (χ2n) is 8.20. The molecule has 0 fully saturated rings. The highest BCUT2D eigenvalue weighted by atomic mass is 16.7. The van der Waals surface area contributed by atoms with E-state index in [-0.39, 0.29) is 47.9 Å². The number of aromatic hydroxyl groups is 1. The van der Waals surface area contributed by atoms with Gasteiger partial charge in [-0.15, -0.1) is 0 Å². The summed E-state index contributed by atoms with van der Waals surface area (Å²) in [7, 11) is 6.51. The number of Topliss-reactive ketones (excluding diaryl/α,β-unsaturated/α-hetero) is 1. The first kappa shape index (κ1) is 21.3. The van der Waals surface area contributed by atoms with Gasteiger partial charge in [-0.1, -0.05) is 0 Å². The SMILES string of the molecule is COc1c2c(cc3c1[C@H](CC(=O)c1c(O)c(OC)c4occc4c1OC)[NH+](C)CC3)OCO2. The van der Waals surface area contributed by atoms with Gasteiger partial charge < -0.3 is 38.1 Å². The standard InChI is InChI=1S/C24H25NO8/c1-25-7-5-12-9-16-22(33-11-32-16)23(29-3)17(12)14(25)10-15(26)18-19(27)24(30-4)21-13(6-8-31-21)20(18)28-2/h6,8-9,14,27H,5,7,10-11H2,1-4H3/p+1/t14-/m0/s1. The molecule has 2 aliphatic heterocycles. The topological polar surface area (TPSA) is 101 Å². The lowest BCUT2D eigenvalue weighted by molar-refractivity contribution is -0.913. The number of rotatable bonds is 6. The van der Waals surface area contributed by atoms with Crippen LogP contribution in [0.15, 0.2) is 22.8 Å². The van der Waals surface area contributed by atoms with Crippen molar-refractivity contribution in [3.05, 3.63) is 35.1 Å². The van der Waals surface area contributed by atoms with Crippen molar-refractivity contribution in [2.75, 3.05) is 41.7 Å². The summed E-state index contributed by atoms with van der Waals surface area (Å²) in [5, 5.41) is 11.5. The predicted octanol–water partition coefficient (Wildman–Crippen LogP) is 2.28. The lowest BCUT2D eigenvalue weighted by Gasteiger charge is -2.33. The number of hydrogen-bond acceptors (Lipinski definition) is 8. The van der Waals surface area contributed by atoms with E-state index < -0.39 is 0 Å². The number of methoxy groups -OCH3 is 3. The molecule has 9 heteroatoms. The summed E-state index contributed by atoms with van der Waals surface area (Å²) < 4.78 is 33.3. The van der Waals surface area contributed by atoms with Gasteiger partial charge in [0.15, 0.2) is 28.6 Å². The number of benzene rings is 2. The van der Waals surface area contributed by atoms with Crippen molar-refractivity contribution in [1.82, 2.24) is 0 Å². The predicted molar refractivity (Wildman–Crippen MR) is 117 cm³/mol. The molecule has 3 aromatic rings. The van der Waals surface area contributed by atoms with Crippen molar-refractivity contribution in [3.63, 3.8) is 0 Å². The van der Waals surface area contributed by atoms with Gasteiger partial charge in [-0.2, -0.15) is 0 Å². The smallest absolute Gasteiger partial charge is 0.231 e. The average molecular weight is 456 g/mol. The lowest BCUT2D eigenvalue weighted by atomic mass is 9.87. The third kappa shape index (κ3) is 3.14. The maximum Gasteiger partial charge on any atom is 0.231 e. The van der Waals surface area contributed by atoms with Crippen LogP contribution in [0, 0.1) is 0 Å². The van der Waals surface area contributed by atoms with Crippen molar-refractivity contribution in [3.8, 4) is 34.5 Å². The van der Waals surface area contributed by atoms with Crippen LogP contribution < -0.4 is 28.6 Å². The Morgan fingerprint density at radius 3 is 2.64 bits per heavy atom. The minimum absolute atomic E-state index is 0.0721. The summed E-state index contributed by atoms with van der Waals surface area (Å²) >= 11 is 0. The molecule has 0 saturated heterocycles. The zero-order valence-electron chi connectivity index (χ0n) is 18.9. The van der Waals surface area contributed by atoms with Gasteiger partial charge in [0, 0.05) is 6.42 Å². The zero-order valence-corrected chi connectivity index (χ0v) is 18.9. The maximum absolute atomic E-state index is 13.7. The summed E-state index contributed by atoms with van der Waals surface area (Å²) in [6, 6.07) is 3.44. The van der Waals surface area contributed by atoms with Crippen LogP contribution in [0.4, 0.5) is 0 Å². The van der Waals surface area contributed by atoms with Crippen LogP contribution in [0.5, 0.6) is 34.5 Å². The number of carbonyl (C=O) groups is 1. The van der Waals surface area contributed by atoms with Gasteiger partial charge in [-0.25, -0.2) is 0 Å². The molecule has 2 aliphatic rings. The molecule has 174 valence electrons. The molecular weight excluding hydrogens is 430 g/mol. The number of furan rings is 1. The van der Waals surface area contributed by atoms with Crippen molar-refractivity contribution in [1.29, 1.82) is 0 Å². The number of ether oxygens (including phenoxy) is 5. The fraction of sp³-hybridized carbons (Fsp3) is 0.375. The summed E-state index contributed by atoms with van der Waals surface area (Å²) in [5.41, 5.74) is 2.39. The molecule has 0 spiro atoms. The van der Waals surface area contributed by atoms with Crippen molar-refractivity contribution >= 4 is 16.8 Å². The highest BCUT2D eigenvalue weighted by Gasteiger charge is 2.39. The van der Waals surface area contributed by atoms with Gasteiger partial charge >= 0.3 is 0 Å². The molecule has 5 rings (SSSR count). The second-order valence-corrected chi connectivity index (χ2v) is 8.20. The molecule has 0 aliphatic carbocycles. The van der Waals surface area contributed by atoms with Crippen LogP contribution in [0.1, 0.15) is 33.9 Å². The molecular formula is C24H26NO8+. The Hall–Kier alpha value is -3.59. The summed E-state index contributed by atoms with van der Waals surface area (Å²) in [4.78, 5) is 14.9. The largest absolute Gasteiger partial charge is 0.504 e. The van der Waals surface area contributed by atoms with Crippen LogP contribution >= 0.6 is 0 Å². The lowest BCUT2D eigenvalue weighted by Crippen LogP contribution is -3.10. The Kier molecular flexibility index (Phi) is 5.20. The molecule has 3 heterocycles. The van der Waals surface area contributed by atoms with E-state index in [9.17, 15) is 9.90 Å². The summed E-state index contributed by atoms with van der Waals surface area (Å²) in [6.07, 6.45) is 2.40. The fourth-order valence-electron chi connectivity index (χ4n) is 4.97. The molecule has 33 heavy (non-hydrogen) atoms. The Morgan fingerprint density at radius 2 is 1.91 bits per heavy atom. The molecule has 0 saturated carbocycles. The van der Waals surface area contributed by atoms with E-state index in [1.807, 2.05) is 13.1 Å². The van der Waals surface area contributed by atoms with E-state index in [4.69, 9.17) is 28.1 Å². The van der Waals surface area contributed by atoms with Crippen molar-refractivity contribution in [2.24, 2.45) is 0 Å². The Balaban J connectivity index is 1.61. The normalized spacial score (nSPS) is 18.8. The monoisotopic (exact) mass is 456 g/mol. The van der Waals surface area contributed by atoms with Gasteiger partial charge in [-0.05, 0) is 17.7 Å². The Bertz CT molecular complexity index is 1250. The van der Waals surface area contributed by atoms with Crippen LogP contribution in [0.3, 0.4) is 0 Å². The van der Waals surface area contributed by atoms with E-state index in [1.54, 1.807) is 13.2 Å². The molecule has 1 aromatic heterocycles. The number of likely N-dealkylation sites (N-methyl/N-ethyl adjacent to an activating group) is 1. The van der Waals surface area contributed by atoms with E-state index >= 15 is 0 Å². The minimum Gasteiger partial charge on any atom is -0.504 e. The van der Waals surface area contributed by atoms with E-state index in [1.165, 1.54) is 20.5 Å². The van der Waals surface area contributed by atoms with Gasteiger partial charge in [0.1, 0.15) is 17.4 Å². The Labute approximate surface area is 190 Å². The average Bonchev–Trinajstić information content (AvgIpc) is 3.48. The second kappa shape index (κ2) is 8.08. The molecule has 0 bridgehead atoms. The van der Waals surface area contributed by atoms with Crippen LogP contribution in [-0.4, -0.2) is 52.6 Å². The molecule has 0 radical (unpaired) electrons. The first-order valence-corrected chi connectivity index (χ1v) is 10.7. The van der Waals surface area contributed by atoms with Crippen LogP contribution in [-0.2, 0) is 6.42 Å². The van der Waals surface area contributed by atoms with E-state index in [2.05, 4.69) is 0 Å². The third-order valence-electron chi connectivity index (χ3n) is 6.55. The zero-order chi connectivity index (χ0) is 23.3. The van der Waals surface area contributed by atoms with Gasteiger partial charge in [-0.3, -0.25) is 4.79 Å². The number of carbonyl (C=O) groups excluding carboxylic acids is 1. The molecule has 0 amide bonds. The summed E-state index contributed by atoms with van der Waals surface area (Å²) in [5.74, 6) is 1.60. The first-order valence-electron chi connectivity index (χ1n) is 10.7. The van der Waals surface area contributed by atoms with Crippen LogP contribution in [0.2, 0.25) is 0 Å². The number of phenolic OH excluding ortho intramolecular Hbond substituents is 1. The molecule has 9 nitrogen and oxygen atoms in total.